The molecule has 0 amide bonds. The monoisotopic (exact) mass is 165 g/mol. The Balaban J connectivity index is 2.01. The lowest BCUT2D eigenvalue weighted by molar-refractivity contribution is 0.141. The van der Waals surface area contributed by atoms with Gasteiger partial charge in [0.1, 0.15) is 5.82 Å². The molecule has 0 aliphatic heterocycles. The van der Waals surface area contributed by atoms with Crippen molar-refractivity contribution < 1.29 is 4.74 Å². The highest BCUT2D eigenvalue weighted by Crippen LogP contribution is 1.90. The van der Waals surface area contributed by atoms with Crippen LogP contribution in [0.15, 0.2) is 12.4 Å². The molecule has 0 aromatic carbocycles. The van der Waals surface area contributed by atoms with Gasteiger partial charge in [0.15, 0.2) is 0 Å². The number of rotatable bonds is 5. The van der Waals surface area contributed by atoms with Gasteiger partial charge in [-0.15, -0.1) is 0 Å². The van der Waals surface area contributed by atoms with Crippen molar-refractivity contribution in [2.75, 3.05) is 13.2 Å². The molecule has 0 spiro atoms. The molecule has 4 nitrogen and oxygen atoms in total. The van der Waals surface area contributed by atoms with Gasteiger partial charge in [0.25, 0.3) is 0 Å². The number of nitrogens with zero attached hydrogens (tertiary/aromatic N) is 2. The Labute approximate surface area is 71.2 Å². The predicted molar refractivity (Wildman–Crippen MR) is 43.3 cm³/mol. The third-order valence-corrected chi connectivity index (χ3v) is 1.40. The van der Waals surface area contributed by atoms with Crippen LogP contribution in [0.2, 0.25) is 0 Å². The Kier molecular flexibility index (Phi) is 3.89. The molecule has 0 unspecified atom stereocenters. The van der Waals surface area contributed by atoms with Crippen molar-refractivity contribution in [3.05, 3.63) is 18.2 Å². The standard InChI is InChI=1S/C8H11N3O/c9-3-1-6-12-7-2-8-10-4-5-11-8/h4-5H,1-2,6-7H2,(H,10,11). The first-order valence-electron chi connectivity index (χ1n) is 3.86. The average Bonchev–Trinajstić information content (AvgIpc) is 2.57. The molecule has 1 heterocycles. The van der Waals surface area contributed by atoms with Crippen LogP contribution in [0.1, 0.15) is 12.2 Å². The fraction of sp³-hybridized carbons (Fsp3) is 0.500. The van der Waals surface area contributed by atoms with Gasteiger partial charge >= 0.3 is 0 Å². The van der Waals surface area contributed by atoms with Crippen LogP contribution in [0, 0.1) is 11.3 Å². The van der Waals surface area contributed by atoms with E-state index in [2.05, 4.69) is 9.97 Å². The molecule has 1 N–H and O–H groups in total. The van der Waals surface area contributed by atoms with Gasteiger partial charge in [-0.3, -0.25) is 0 Å². The first kappa shape index (κ1) is 8.75. The second-order valence-corrected chi connectivity index (χ2v) is 2.31. The van der Waals surface area contributed by atoms with Crippen molar-refractivity contribution in [3.63, 3.8) is 0 Å². The third-order valence-electron chi connectivity index (χ3n) is 1.40. The van der Waals surface area contributed by atoms with E-state index in [1.807, 2.05) is 6.07 Å². The van der Waals surface area contributed by atoms with E-state index in [0.29, 0.717) is 19.6 Å². The minimum absolute atomic E-state index is 0.457. The molecule has 0 atom stereocenters. The van der Waals surface area contributed by atoms with Gasteiger partial charge in [0.05, 0.1) is 25.7 Å². The maximum absolute atomic E-state index is 8.20. The second kappa shape index (κ2) is 5.33. The largest absolute Gasteiger partial charge is 0.380 e. The smallest absolute Gasteiger partial charge is 0.108 e. The summed E-state index contributed by atoms with van der Waals surface area (Å²) in [4.78, 5) is 7.01. The van der Waals surface area contributed by atoms with E-state index in [9.17, 15) is 0 Å². The molecule has 0 bridgehead atoms. The summed E-state index contributed by atoms with van der Waals surface area (Å²) in [5, 5.41) is 8.20. The number of hydrogen-bond donors (Lipinski definition) is 1. The highest BCUT2D eigenvalue weighted by molar-refractivity contribution is 4.86. The van der Waals surface area contributed by atoms with Gasteiger partial charge in [0, 0.05) is 18.8 Å². The highest BCUT2D eigenvalue weighted by Gasteiger charge is 1.93. The van der Waals surface area contributed by atoms with E-state index < -0.39 is 0 Å². The number of aromatic amines is 1. The summed E-state index contributed by atoms with van der Waals surface area (Å²) in [6.45, 7) is 1.13. The first-order chi connectivity index (χ1) is 5.93. The number of hydrogen-bond acceptors (Lipinski definition) is 3. The Hall–Kier alpha value is -1.34. The van der Waals surface area contributed by atoms with Crippen LogP contribution in [-0.2, 0) is 11.2 Å². The molecule has 64 valence electrons. The molecule has 0 saturated carbocycles. The summed E-state index contributed by atoms with van der Waals surface area (Å²) >= 11 is 0. The predicted octanol–water partition coefficient (Wildman–Crippen LogP) is 0.882. The van der Waals surface area contributed by atoms with Crippen molar-refractivity contribution in [2.24, 2.45) is 0 Å². The van der Waals surface area contributed by atoms with E-state index in [0.717, 1.165) is 12.2 Å². The van der Waals surface area contributed by atoms with E-state index >= 15 is 0 Å². The van der Waals surface area contributed by atoms with E-state index in [-0.39, 0.29) is 0 Å². The molecular formula is C8H11N3O. The lowest BCUT2D eigenvalue weighted by Crippen LogP contribution is -2.00. The summed E-state index contributed by atoms with van der Waals surface area (Å²) in [5.41, 5.74) is 0. The molecule has 0 radical (unpaired) electrons. The Morgan fingerprint density at radius 1 is 1.58 bits per heavy atom. The second-order valence-electron chi connectivity index (χ2n) is 2.31. The topological polar surface area (TPSA) is 61.7 Å². The Morgan fingerprint density at radius 3 is 3.17 bits per heavy atom. The molecule has 1 aromatic rings. The SMILES string of the molecule is N#CCCOCCc1ncc[nH]1. The number of imidazole rings is 1. The Morgan fingerprint density at radius 2 is 2.50 bits per heavy atom. The summed E-state index contributed by atoms with van der Waals surface area (Å²) in [6, 6.07) is 2.01. The number of aromatic nitrogens is 2. The zero-order chi connectivity index (χ0) is 8.65. The third kappa shape index (κ3) is 3.17. The van der Waals surface area contributed by atoms with E-state index in [4.69, 9.17) is 10.00 Å². The molecule has 1 aromatic heterocycles. The highest BCUT2D eigenvalue weighted by atomic mass is 16.5. The minimum atomic E-state index is 0.457. The molecule has 1 rings (SSSR count). The Bertz CT molecular complexity index is 237. The van der Waals surface area contributed by atoms with Crippen LogP contribution in [0.3, 0.4) is 0 Å². The fourth-order valence-corrected chi connectivity index (χ4v) is 0.823. The number of H-pyrrole nitrogens is 1. The average molecular weight is 165 g/mol. The van der Waals surface area contributed by atoms with E-state index in [1.54, 1.807) is 12.4 Å². The van der Waals surface area contributed by atoms with Gasteiger partial charge < -0.3 is 9.72 Å². The summed E-state index contributed by atoms with van der Waals surface area (Å²) in [6.07, 6.45) is 4.73. The molecule has 0 aliphatic carbocycles. The molecule has 0 aliphatic rings. The van der Waals surface area contributed by atoms with Crippen molar-refractivity contribution in [1.82, 2.24) is 9.97 Å². The van der Waals surface area contributed by atoms with Gasteiger partial charge in [0.2, 0.25) is 0 Å². The maximum atomic E-state index is 8.20. The number of nitrogens with one attached hydrogen (secondary N) is 1. The van der Waals surface area contributed by atoms with Crippen LogP contribution in [0.25, 0.3) is 0 Å². The van der Waals surface area contributed by atoms with Crippen molar-refractivity contribution in [1.29, 1.82) is 5.26 Å². The minimum Gasteiger partial charge on any atom is -0.380 e. The van der Waals surface area contributed by atoms with Crippen molar-refractivity contribution in [2.45, 2.75) is 12.8 Å². The van der Waals surface area contributed by atoms with Gasteiger partial charge in [-0.1, -0.05) is 0 Å². The molecule has 0 saturated heterocycles. The van der Waals surface area contributed by atoms with Crippen LogP contribution >= 0.6 is 0 Å². The van der Waals surface area contributed by atoms with Crippen molar-refractivity contribution >= 4 is 0 Å². The molecular weight excluding hydrogens is 154 g/mol. The van der Waals surface area contributed by atoms with Crippen LogP contribution in [0.4, 0.5) is 0 Å². The van der Waals surface area contributed by atoms with Gasteiger partial charge in [-0.2, -0.15) is 5.26 Å². The van der Waals surface area contributed by atoms with Crippen LogP contribution in [0.5, 0.6) is 0 Å². The summed E-state index contributed by atoms with van der Waals surface area (Å²) < 4.78 is 5.16. The molecule has 4 heteroatoms. The molecule has 12 heavy (non-hydrogen) atoms. The quantitative estimate of drug-likeness (QED) is 0.659. The lowest BCUT2D eigenvalue weighted by atomic mass is 10.4. The van der Waals surface area contributed by atoms with Gasteiger partial charge in [-0.05, 0) is 0 Å². The summed E-state index contributed by atoms with van der Waals surface area (Å²) in [5.74, 6) is 0.923. The van der Waals surface area contributed by atoms with Crippen LogP contribution in [-0.4, -0.2) is 23.2 Å². The van der Waals surface area contributed by atoms with Crippen LogP contribution < -0.4 is 0 Å². The maximum Gasteiger partial charge on any atom is 0.108 e. The number of ether oxygens (including phenoxy) is 1. The fourth-order valence-electron chi connectivity index (χ4n) is 0.823. The normalized spacial score (nSPS) is 9.58. The zero-order valence-corrected chi connectivity index (χ0v) is 6.79. The van der Waals surface area contributed by atoms with Gasteiger partial charge in [-0.25, -0.2) is 4.98 Å². The van der Waals surface area contributed by atoms with E-state index in [1.165, 1.54) is 0 Å². The first-order valence-corrected chi connectivity index (χ1v) is 3.86. The number of nitriles is 1. The van der Waals surface area contributed by atoms with Crippen molar-refractivity contribution in [3.8, 4) is 6.07 Å². The zero-order valence-electron chi connectivity index (χ0n) is 6.79. The lowest BCUT2D eigenvalue weighted by Gasteiger charge is -1.98. The molecule has 0 fully saturated rings. The summed E-state index contributed by atoms with van der Waals surface area (Å²) in [7, 11) is 0.